The second-order valence-electron chi connectivity index (χ2n) is 4.74. The van der Waals surface area contributed by atoms with E-state index in [1.165, 1.54) is 12.8 Å². The normalized spacial score (nSPS) is 23.4. The Morgan fingerprint density at radius 1 is 1.29 bits per heavy atom. The Hall–Kier alpha value is -1.55. The molecule has 3 rings (SSSR count). The smallest absolute Gasteiger partial charge is 0.260 e. The number of likely N-dealkylation sites (N-methyl/N-ethyl adjacent to an activating group) is 1. The van der Waals surface area contributed by atoms with E-state index in [4.69, 9.17) is 0 Å². The molecule has 0 radical (unpaired) electrons. The highest BCUT2D eigenvalue weighted by molar-refractivity contribution is 6.03. The van der Waals surface area contributed by atoms with Crippen molar-refractivity contribution < 1.29 is 9.90 Å². The fraction of sp³-hybridized carbons (Fsp3) is 0.462. The summed E-state index contributed by atoms with van der Waals surface area (Å²) >= 11 is 0. The number of benzene rings is 1. The Balaban J connectivity index is 1.99. The summed E-state index contributed by atoms with van der Waals surface area (Å²) in [7, 11) is 1.71. The Labute approximate surface area is 100 Å². The summed E-state index contributed by atoms with van der Waals surface area (Å²) < 4.78 is 0. The van der Waals surface area contributed by atoms with Crippen molar-refractivity contribution >= 4 is 17.3 Å². The minimum atomic E-state index is -0.984. The first-order chi connectivity index (χ1) is 8.18. The molecule has 4 heteroatoms. The van der Waals surface area contributed by atoms with Crippen LogP contribution in [0.25, 0.3) is 0 Å². The Bertz CT molecular complexity index is 466. The fourth-order valence-corrected chi connectivity index (χ4v) is 2.66. The largest absolute Gasteiger partial charge is 0.378 e. The van der Waals surface area contributed by atoms with Crippen molar-refractivity contribution in [3.05, 3.63) is 23.8 Å². The molecule has 1 aromatic rings. The lowest BCUT2D eigenvalue weighted by Gasteiger charge is -2.19. The number of carbonyl (C=O) groups excluding carboxylic acids is 1. The van der Waals surface area contributed by atoms with Crippen LogP contribution in [0.1, 0.15) is 24.5 Å². The molecule has 0 aromatic heterocycles. The third kappa shape index (κ3) is 1.52. The molecule has 2 heterocycles. The van der Waals surface area contributed by atoms with Gasteiger partial charge in [-0.2, -0.15) is 0 Å². The number of rotatable bonds is 1. The molecule has 1 amide bonds. The molecule has 2 aliphatic heterocycles. The molecular weight excluding hydrogens is 216 g/mol. The van der Waals surface area contributed by atoms with Gasteiger partial charge in [-0.25, -0.2) is 0 Å². The maximum atomic E-state index is 11.7. The van der Waals surface area contributed by atoms with Crippen molar-refractivity contribution in [2.24, 2.45) is 0 Å². The lowest BCUT2D eigenvalue weighted by molar-refractivity contribution is -0.125. The van der Waals surface area contributed by atoms with Crippen LogP contribution in [-0.2, 0) is 4.79 Å². The van der Waals surface area contributed by atoms with Crippen LogP contribution in [0.2, 0.25) is 0 Å². The van der Waals surface area contributed by atoms with Crippen LogP contribution in [0.4, 0.5) is 11.4 Å². The predicted molar refractivity (Wildman–Crippen MR) is 66.3 cm³/mol. The maximum Gasteiger partial charge on any atom is 0.260 e. The van der Waals surface area contributed by atoms with Gasteiger partial charge in [-0.3, -0.25) is 4.79 Å². The van der Waals surface area contributed by atoms with Gasteiger partial charge in [-0.1, -0.05) is 6.07 Å². The minimum Gasteiger partial charge on any atom is -0.378 e. The van der Waals surface area contributed by atoms with Crippen LogP contribution in [0.5, 0.6) is 0 Å². The Morgan fingerprint density at radius 2 is 2.00 bits per heavy atom. The van der Waals surface area contributed by atoms with Gasteiger partial charge in [0.15, 0.2) is 6.10 Å². The summed E-state index contributed by atoms with van der Waals surface area (Å²) in [5, 5.41) is 9.77. The van der Waals surface area contributed by atoms with Crippen LogP contribution in [0.15, 0.2) is 18.2 Å². The lowest BCUT2D eigenvalue weighted by Crippen LogP contribution is -2.23. The SMILES string of the molecule is CN1C(=O)C(O)c2ccc(N3CCCC3)cc21. The van der Waals surface area contributed by atoms with Gasteiger partial charge in [0.25, 0.3) is 5.91 Å². The number of carbonyl (C=O) groups is 1. The number of anilines is 2. The average Bonchev–Trinajstić information content (AvgIpc) is 2.94. The highest BCUT2D eigenvalue weighted by Gasteiger charge is 2.33. The minimum absolute atomic E-state index is 0.237. The molecule has 2 aliphatic rings. The van der Waals surface area contributed by atoms with E-state index in [1.807, 2.05) is 18.2 Å². The molecule has 0 spiro atoms. The monoisotopic (exact) mass is 232 g/mol. The second-order valence-corrected chi connectivity index (χ2v) is 4.74. The van der Waals surface area contributed by atoms with E-state index in [2.05, 4.69) is 4.90 Å². The number of hydrogen-bond donors (Lipinski definition) is 1. The molecule has 17 heavy (non-hydrogen) atoms. The zero-order valence-corrected chi connectivity index (χ0v) is 9.89. The van der Waals surface area contributed by atoms with Gasteiger partial charge in [0.05, 0.1) is 5.69 Å². The van der Waals surface area contributed by atoms with E-state index < -0.39 is 6.10 Å². The summed E-state index contributed by atoms with van der Waals surface area (Å²) in [6.45, 7) is 2.16. The number of hydrogen-bond acceptors (Lipinski definition) is 3. The van der Waals surface area contributed by atoms with Crippen molar-refractivity contribution in [2.75, 3.05) is 29.9 Å². The number of aliphatic hydroxyl groups is 1. The zero-order chi connectivity index (χ0) is 12.0. The zero-order valence-electron chi connectivity index (χ0n) is 9.89. The summed E-state index contributed by atoms with van der Waals surface area (Å²) in [5.74, 6) is -0.237. The number of nitrogens with zero attached hydrogens (tertiary/aromatic N) is 2. The van der Waals surface area contributed by atoms with Crippen molar-refractivity contribution in [1.29, 1.82) is 0 Å². The molecule has 1 atom stereocenters. The van der Waals surface area contributed by atoms with E-state index >= 15 is 0 Å². The molecule has 1 fully saturated rings. The summed E-state index contributed by atoms with van der Waals surface area (Å²) in [6, 6.07) is 5.88. The molecule has 90 valence electrons. The van der Waals surface area contributed by atoms with Crippen molar-refractivity contribution in [1.82, 2.24) is 0 Å². The molecule has 4 nitrogen and oxygen atoms in total. The second kappa shape index (κ2) is 3.74. The Kier molecular flexibility index (Phi) is 2.33. The number of aliphatic hydroxyl groups excluding tert-OH is 1. The Morgan fingerprint density at radius 3 is 2.71 bits per heavy atom. The van der Waals surface area contributed by atoms with Gasteiger partial charge < -0.3 is 14.9 Å². The van der Waals surface area contributed by atoms with E-state index in [0.717, 1.165) is 30.0 Å². The first kappa shape index (κ1) is 10.6. The van der Waals surface area contributed by atoms with Crippen LogP contribution in [0.3, 0.4) is 0 Å². The molecule has 1 N–H and O–H groups in total. The first-order valence-electron chi connectivity index (χ1n) is 6.03. The lowest BCUT2D eigenvalue weighted by atomic mass is 10.1. The van der Waals surface area contributed by atoms with Crippen molar-refractivity contribution in [3.63, 3.8) is 0 Å². The average molecular weight is 232 g/mol. The predicted octanol–water partition coefficient (Wildman–Crippen LogP) is 1.30. The van der Waals surface area contributed by atoms with Gasteiger partial charge in [0, 0.05) is 31.4 Å². The molecule has 0 bridgehead atoms. The van der Waals surface area contributed by atoms with Gasteiger partial charge in [0.1, 0.15) is 0 Å². The molecule has 0 saturated carbocycles. The van der Waals surface area contributed by atoms with Crippen LogP contribution in [0, 0.1) is 0 Å². The highest BCUT2D eigenvalue weighted by atomic mass is 16.3. The van der Waals surface area contributed by atoms with Gasteiger partial charge in [-0.15, -0.1) is 0 Å². The quantitative estimate of drug-likeness (QED) is 0.793. The number of fused-ring (bicyclic) bond motifs is 1. The standard InChI is InChI=1S/C13H16N2O2/c1-14-11-8-9(15-6-2-3-7-15)4-5-10(11)12(16)13(14)17/h4-5,8,12,16H,2-3,6-7H2,1H3. The van der Waals surface area contributed by atoms with Gasteiger partial charge in [0.2, 0.25) is 0 Å². The number of amides is 1. The van der Waals surface area contributed by atoms with E-state index in [9.17, 15) is 9.90 Å². The fourth-order valence-electron chi connectivity index (χ4n) is 2.66. The van der Waals surface area contributed by atoms with Crippen LogP contribution in [-0.4, -0.2) is 31.2 Å². The van der Waals surface area contributed by atoms with Crippen molar-refractivity contribution in [2.45, 2.75) is 18.9 Å². The third-order valence-electron chi connectivity index (χ3n) is 3.71. The summed E-state index contributed by atoms with van der Waals surface area (Å²) in [4.78, 5) is 15.5. The van der Waals surface area contributed by atoms with Crippen LogP contribution < -0.4 is 9.80 Å². The highest BCUT2D eigenvalue weighted by Crippen LogP contribution is 2.37. The topological polar surface area (TPSA) is 43.8 Å². The third-order valence-corrected chi connectivity index (χ3v) is 3.71. The van der Waals surface area contributed by atoms with E-state index in [0.29, 0.717) is 0 Å². The van der Waals surface area contributed by atoms with Gasteiger partial charge in [-0.05, 0) is 25.0 Å². The molecule has 0 aliphatic carbocycles. The molecular formula is C13H16N2O2. The summed E-state index contributed by atoms with van der Waals surface area (Å²) in [5.41, 5.74) is 2.71. The molecule has 1 saturated heterocycles. The molecule has 1 unspecified atom stereocenters. The van der Waals surface area contributed by atoms with Crippen molar-refractivity contribution in [3.8, 4) is 0 Å². The van der Waals surface area contributed by atoms with Crippen LogP contribution >= 0.6 is 0 Å². The summed E-state index contributed by atoms with van der Waals surface area (Å²) in [6.07, 6.45) is 1.48. The maximum absolute atomic E-state index is 11.7. The van der Waals surface area contributed by atoms with E-state index in [-0.39, 0.29) is 5.91 Å². The van der Waals surface area contributed by atoms with E-state index in [1.54, 1.807) is 11.9 Å². The van der Waals surface area contributed by atoms with Gasteiger partial charge >= 0.3 is 0 Å². The molecule has 1 aromatic carbocycles. The first-order valence-corrected chi connectivity index (χ1v) is 6.03.